The van der Waals surface area contributed by atoms with Gasteiger partial charge in [-0.1, -0.05) is 0 Å². The van der Waals surface area contributed by atoms with Crippen molar-refractivity contribution in [2.24, 2.45) is 0 Å². The first-order chi connectivity index (χ1) is 13.6. The van der Waals surface area contributed by atoms with E-state index in [0.29, 0.717) is 41.1 Å². The number of methoxy groups -OCH3 is 2. The van der Waals surface area contributed by atoms with Gasteiger partial charge in [0.25, 0.3) is 5.91 Å². The summed E-state index contributed by atoms with van der Waals surface area (Å²) in [6, 6.07) is 4.92. The second-order valence-electron chi connectivity index (χ2n) is 5.95. The van der Waals surface area contributed by atoms with Crippen LogP contribution in [-0.4, -0.2) is 66.7 Å². The quantitative estimate of drug-likeness (QED) is 0.662. The zero-order valence-electron chi connectivity index (χ0n) is 16.0. The van der Waals surface area contributed by atoms with E-state index in [9.17, 15) is 9.59 Å². The molecule has 1 saturated heterocycles. The summed E-state index contributed by atoms with van der Waals surface area (Å²) in [7, 11) is 3.15. The number of ether oxygens (including phenoxy) is 3. The number of esters is 1. The van der Waals surface area contributed by atoms with Gasteiger partial charge < -0.3 is 19.1 Å². The van der Waals surface area contributed by atoms with Crippen LogP contribution in [0.3, 0.4) is 0 Å². The van der Waals surface area contributed by atoms with E-state index in [2.05, 4.69) is 4.98 Å². The minimum absolute atomic E-state index is 0.249. The molecule has 1 aliphatic rings. The van der Waals surface area contributed by atoms with Crippen LogP contribution in [0, 0.1) is 0 Å². The second kappa shape index (κ2) is 9.29. The molecule has 0 unspecified atom stereocenters. The molecule has 1 aliphatic heterocycles. The standard InChI is InChI=1S/C19H22N2O5S2/c1-4-26-19(23)14-11-27-8-7-21(14)18(22)13-10-28-17(20-13)12-5-6-15(24-2)16(9-12)25-3/h5-6,9-10,14H,4,7-8,11H2,1-3H3/t14-/m0/s1. The van der Waals surface area contributed by atoms with Crippen LogP contribution in [0.15, 0.2) is 23.6 Å². The Morgan fingerprint density at radius 2 is 2.04 bits per heavy atom. The summed E-state index contributed by atoms with van der Waals surface area (Å²) in [5.74, 6) is 1.94. The molecular weight excluding hydrogens is 400 g/mol. The third-order valence-corrected chi connectivity index (χ3v) is 6.22. The van der Waals surface area contributed by atoms with Crippen LogP contribution in [0.1, 0.15) is 17.4 Å². The van der Waals surface area contributed by atoms with Crippen molar-refractivity contribution < 1.29 is 23.8 Å². The molecule has 1 amide bonds. The van der Waals surface area contributed by atoms with E-state index in [4.69, 9.17) is 14.2 Å². The minimum Gasteiger partial charge on any atom is -0.493 e. The normalized spacial score (nSPS) is 16.5. The van der Waals surface area contributed by atoms with E-state index in [-0.39, 0.29) is 11.9 Å². The van der Waals surface area contributed by atoms with Gasteiger partial charge in [-0.2, -0.15) is 11.8 Å². The van der Waals surface area contributed by atoms with Crippen LogP contribution < -0.4 is 9.47 Å². The lowest BCUT2D eigenvalue weighted by Gasteiger charge is -2.33. The molecule has 7 nitrogen and oxygen atoms in total. The van der Waals surface area contributed by atoms with Crippen molar-refractivity contribution in [3.8, 4) is 22.1 Å². The van der Waals surface area contributed by atoms with Gasteiger partial charge >= 0.3 is 5.97 Å². The largest absolute Gasteiger partial charge is 0.493 e. The zero-order valence-corrected chi connectivity index (χ0v) is 17.6. The molecular formula is C19H22N2O5S2. The molecule has 0 N–H and O–H groups in total. The number of aromatic nitrogens is 1. The Morgan fingerprint density at radius 3 is 2.75 bits per heavy atom. The zero-order chi connectivity index (χ0) is 20.1. The fraction of sp³-hybridized carbons (Fsp3) is 0.421. The summed E-state index contributed by atoms with van der Waals surface area (Å²) in [5, 5.41) is 2.42. The van der Waals surface area contributed by atoms with Gasteiger partial charge in [-0.15, -0.1) is 11.3 Å². The van der Waals surface area contributed by atoms with Crippen molar-refractivity contribution in [2.75, 3.05) is 38.9 Å². The van der Waals surface area contributed by atoms with Crippen LogP contribution in [0.4, 0.5) is 0 Å². The molecule has 0 radical (unpaired) electrons. The van der Waals surface area contributed by atoms with Crippen LogP contribution >= 0.6 is 23.1 Å². The molecule has 1 fully saturated rings. The molecule has 9 heteroatoms. The lowest BCUT2D eigenvalue weighted by atomic mass is 10.2. The molecule has 1 aromatic heterocycles. The lowest BCUT2D eigenvalue weighted by molar-refractivity contribution is -0.147. The molecule has 28 heavy (non-hydrogen) atoms. The van der Waals surface area contributed by atoms with Gasteiger partial charge in [-0.3, -0.25) is 4.79 Å². The number of rotatable bonds is 6. The molecule has 2 aromatic rings. The number of thioether (sulfide) groups is 1. The molecule has 2 heterocycles. The number of hydrogen-bond donors (Lipinski definition) is 0. The predicted octanol–water partition coefficient (Wildman–Crippen LogP) is 2.95. The third kappa shape index (κ3) is 4.25. The maximum Gasteiger partial charge on any atom is 0.329 e. The summed E-state index contributed by atoms with van der Waals surface area (Å²) >= 11 is 3.02. The van der Waals surface area contributed by atoms with E-state index >= 15 is 0 Å². The van der Waals surface area contributed by atoms with Gasteiger partial charge in [-0.25, -0.2) is 9.78 Å². The van der Waals surface area contributed by atoms with E-state index in [0.717, 1.165) is 11.3 Å². The first kappa shape index (κ1) is 20.5. The number of carbonyl (C=O) groups excluding carboxylic acids is 2. The Hall–Kier alpha value is -2.26. The van der Waals surface area contributed by atoms with Crippen molar-refractivity contribution >= 4 is 35.0 Å². The molecule has 1 atom stereocenters. The van der Waals surface area contributed by atoms with Crippen LogP contribution in [0.5, 0.6) is 11.5 Å². The molecule has 0 saturated carbocycles. The van der Waals surface area contributed by atoms with E-state index in [1.165, 1.54) is 11.3 Å². The predicted molar refractivity (Wildman–Crippen MR) is 109 cm³/mol. The number of nitrogens with zero attached hydrogens (tertiary/aromatic N) is 2. The Morgan fingerprint density at radius 1 is 1.25 bits per heavy atom. The highest BCUT2D eigenvalue weighted by atomic mass is 32.2. The summed E-state index contributed by atoms with van der Waals surface area (Å²) < 4.78 is 15.7. The van der Waals surface area contributed by atoms with Crippen LogP contribution in [0.25, 0.3) is 10.6 Å². The maximum absolute atomic E-state index is 13.0. The Balaban J connectivity index is 1.82. The van der Waals surface area contributed by atoms with Gasteiger partial charge in [0.2, 0.25) is 0 Å². The molecule has 0 spiro atoms. The van der Waals surface area contributed by atoms with Crippen molar-refractivity contribution in [1.82, 2.24) is 9.88 Å². The van der Waals surface area contributed by atoms with E-state index in [1.807, 2.05) is 12.1 Å². The van der Waals surface area contributed by atoms with Gasteiger partial charge in [0.1, 0.15) is 16.7 Å². The first-order valence-electron chi connectivity index (χ1n) is 8.82. The monoisotopic (exact) mass is 422 g/mol. The van der Waals surface area contributed by atoms with Crippen LogP contribution in [-0.2, 0) is 9.53 Å². The van der Waals surface area contributed by atoms with E-state index < -0.39 is 6.04 Å². The topological polar surface area (TPSA) is 78.0 Å². The first-order valence-corrected chi connectivity index (χ1v) is 10.9. The van der Waals surface area contributed by atoms with Crippen molar-refractivity contribution in [1.29, 1.82) is 0 Å². The van der Waals surface area contributed by atoms with Crippen molar-refractivity contribution in [2.45, 2.75) is 13.0 Å². The van der Waals surface area contributed by atoms with Gasteiger partial charge in [0, 0.05) is 29.0 Å². The number of thiazole rings is 1. The average Bonchev–Trinajstić information content (AvgIpc) is 3.23. The highest BCUT2D eigenvalue weighted by Gasteiger charge is 2.35. The molecule has 150 valence electrons. The summed E-state index contributed by atoms with van der Waals surface area (Å²) in [6.07, 6.45) is 0. The highest BCUT2D eigenvalue weighted by Crippen LogP contribution is 2.34. The molecule has 3 rings (SSSR count). The molecule has 1 aromatic carbocycles. The van der Waals surface area contributed by atoms with Gasteiger partial charge in [0.05, 0.1) is 20.8 Å². The smallest absolute Gasteiger partial charge is 0.329 e. The molecule has 0 aliphatic carbocycles. The fourth-order valence-corrected chi connectivity index (χ4v) is 4.72. The van der Waals surface area contributed by atoms with Crippen molar-refractivity contribution in [3.63, 3.8) is 0 Å². The van der Waals surface area contributed by atoms with Gasteiger partial charge in [-0.05, 0) is 25.1 Å². The summed E-state index contributed by atoms with van der Waals surface area (Å²) in [4.78, 5) is 31.3. The summed E-state index contributed by atoms with van der Waals surface area (Å²) in [5.41, 5.74) is 1.16. The molecule has 0 bridgehead atoms. The highest BCUT2D eigenvalue weighted by molar-refractivity contribution is 7.99. The van der Waals surface area contributed by atoms with Gasteiger partial charge in [0.15, 0.2) is 11.5 Å². The van der Waals surface area contributed by atoms with E-state index in [1.54, 1.807) is 49.3 Å². The third-order valence-electron chi connectivity index (χ3n) is 4.30. The van der Waals surface area contributed by atoms with Crippen molar-refractivity contribution in [3.05, 3.63) is 29.3 Å². The fourth-order valence-electron chi connectivity index (χ4n) is 2.90. The Bertz CT molecular complexity index is 855. The SMILES string of the molecule is CCOC(=O)[C@@H]1CSCCN1C(=O)c1csc(-c2ccc(OC)c(OC)c2)n1. The average molecular weight is 423 g/mol. The lowest BCUT2D eigenvalue weighted by Crippen LogP contribution is -2.51. The summed E-state index contributed by atoms with van der Waals surface area (Å²) in [6.45, 7) is 2.55. The maximum atomic E-state index is 13.0. The number of amides is 1. The number of benzene rings is 1. The Kier molecular flexibility index (Phi) is 6.79. The number of carbonyl (C=O) groups is 2. The second-order valence-corrected chi connectivity index (χ2v) is 7.96. The Labute approximate surface area is 172 Å². The minimum atomic E-state index is -0.572. The van der Waals surface area contributed by atoms with Crippen LogP contribution in [0.2, 0.25) is 0 Å². The number of hydrogen-bond acceptors (Lipinski definition) is 8.